The van der Waals surface area contributed by atoms with E-state index < -0.39 is 18.2 Å². The summed E-state index contributed by atoms with van der Waals surface area (Å²) in [6.07, 6.45) is 1.43. The van der Waals surface area contributed by atoms with E-state index in [4.69, 9.17) is 27.2 Å². The number of carbonyl (C=O) groups is 2. The van der Waals surface area contributed by atoms with Crippen LogP contribution in [0.25, 0.3) is 11.2 Å². The molecule has 12 nitrogen and oxygen atoms in total. The average molecular weight is 578 g/mol. The van der Waals surface area contributed by atoms with Crippen LogP contribution in [0.5, 0.6) is 0 Å². The molecule has 1 saturated heterocycles. The highest BCUT2D eigenvalue weighted by atomic mass is 35.5. The lowest BCUT2D eigenvalue weighted by atomic mass is 9.97. The van der Waals surface area contributed by atoms with Gasteiger partial charge in [-0.05, 0) is 38.0 Å². The summed E-state index contributed by atoms with van der Waals surface area (Å²) in [6, 6.07) is 7.39. The van der Waals surface area contributed by atoms with Crippen LogP contribution >= 0.6 is 11.6 Å². The largest absolute Gasteiger partial charge is 0.490 e. The molecule has 1 atom stereocenters. The van der Waals surface area contributed by atoms with Crippen molar-refractivity contribution in [3.63, 3.8) is 0 Å². The van der Waals surface area contributed by atoms with Crippen molar-refractivity contribution in [2.24, 2.45) is 5.92 Å². The molecule has 210 valence electrons. The number of piperidine rings is 1. The smallest absolute Gasteiger partial charge is 0.475 e. The summed E-state index contributed by atoms with van der Waals surface area (Å²) < 4.78 is 35.0. The standard InChI is InChI=1S/C22H22ClN9O.C2HF3O2/c1-13(28-21(33)18-19(25)29-31-8-2-6-26-20(18)31)15-11-16(23)17-3-7-27-32(17)22(15)30-9-4-14(12-24)5-10-30;3-2(4,5)1(6)7/h2-3,6-8,11,13-14H,4-5,9-10H2,1H3,(H2,25,29)(H,28,33);(H,6,7). The fourth-order valence-electron chi connectivity index (χ4n) is 4.37. The quantitative estimate of drug-likeness (QED) is 0.329. The molecule has 1 aliphatic heterocycles. The van der Waals surface area contributed by atoms with Crippen molar-refractivity contribution in [2.75, 3.05) is 23.7 Å². The molecular formula is C24H23ClF3N9O3. The van der Waals surface area contributed by atoms with Gasteiger partial charge in [0.25, 0.3) is 5.91 Å². The minimum absolute atomic E-state index is 0.0494. The summed E-state index contributed by atoms with van der Waals surface area (Å²) >= 11 is 6.57. The third-order valence-electron chi connectivity index (χ3n) is 6.31. The lowest BCUT2D eigenvalue weighted by molar-refractivity contribution is -0.192. The number of carboxylic acid groups (broad SMARTS) is 1. The van der Waals surface area contributed by atoms with E-state index in [1.54, 1.807) is 29.2 Å². The number of halogens is 4. The number of nitrogens with zero attached hydrogens (tertiary/aromatic N) is 7. The molecule has 0 bridgehead atoms. The molecule has 4 aromatic rings. The van der Waals surface area contributed by atoms with Crippen LogP contribution in [0.1, 0.15) is 41.7 Å². The van der Waals surface area contributed by atoms with Crippen molar-refractivity contribution < 1.29 is 27.9 Å². The molecule has 16 heteroatoms. The summed E-state index contributed by atoms with van der Waals surface area (Å²) in [4.78, 5) is 28.5. The number of carboxylic acids is 1. The number of nitrogens with one attached hydrogen (secondary N) is 1. The number of carbonyl (C=O) groups excluding carboxylic acids is 1. The number of amides is 1. The van der Waals surface area contributed by atoms with E-state index in [0.29, 0.717) is 23.8 Å². The maximum Gasteiger partial charge on any atom is 0.490 e. The number of nitrogen functional groups attached to an aromatic ring is 1. The number of aromatic nitrogens is 5. The predicted molar refractivity (Wildman–Crippen MR) is 138 cm³/mol. The molecule has 1 aliphatic rings. The Bertz CT molecular complexity index is 1600. The number of nitriles is 1. The summed E-state index contributed by atoms with van der Waals surface area (Å²) in [5.74, 6) is -2.12. The molecule has 1 unspecified atom stereocenters. The SMILES string of the molecule is CC(NC(=O)c1c(N)nn2cccnc12)c1cc(Cl)c2ccnn2c1N1CCC(C#N)CC1.O=C(O)C(F)(F)F. The maximum absolute atomic E-state index is 13.2. The van der Waals surface area contributed by atoms with E-state index in [-0.39, 0.29) is 23.2 Å². The van der Waals surface area contributed by atoms with Crippen LogP contribution in [0.4, 0.5) is 24.8 Å². The zero-order chi connectivity index (χ0) is 29.2. The van der Waals surface area contributed by atoms with Crippen LogP contribution in [0.15, 0.2) is 36.8 Å². The van der Waals surface area contributed by atoms with Gasteiger partial charge in [-0.15, -0.1) is 5.10 Å². The molecular weight excluding hydrogens is 555 g/mol. The van der Waals surface area contributed by atoms with Crippen molar-refractivity contribution in [3.05, 3.63) is 52.9 Å². The minimum Gasteiger partial charge on any atom is -0.475 e. The van der Waals surface area contributed by atoms with Gasteiger partial charge in [0.15, 0.2) is 11.5 Å². The van der Waals surface area contributed by atoms with Gasteiger partial charge >= 0.3 is 12.1 Å². The molecule has 0 spiro atoms. The molecule has 0 saturated carbocycles. The molecule has 0 radical (unpaired) electrons. The Morgan fingerprint density at radius 1 is 1.30 bits per heavy atom. The molecule has 1 amide bonds. The van der Waals surface area contributed by atoms with Gasteiger partial charge in [0.1, 0.15) is 11.4 Å². The number of rotatable bonds is 4. The zero-order valence-electron chi connectivity index (χ0n) is 20.9. The van der Waals surface area contributed by atoms with Crippen molar-refractivity contribution in [2.45, 2.75) is 32.0 Å². The fraction of sp³-hybridized carbons (Fsp3) is 0.333. The first-order valence-corrected chi connectivity index (χ1v) is 12.3. The Hall–Kier alpha value is -4.58. The zero-order valence-corrected chi connectivity index (χ0v) is 21.7. The predicted octanol–water partition coefficient (Wildman–Crippen LogP) is 3.48. The Balaban J connectivity index is 0.000000470. The van der Waals surface area contributed by atoms with Crippen molar-refractivity contribution in [3.8, 4) is 6.07 Å². The summed E-state index contributed by atoms with van der Waals surface area (Å²) in [6.45, 7) is 3.32. The Morgan fingerprint density at radius 2 is 1.98 bits per heavy atom. The molecule has 4 aromatic heterocycles. The number of hydrogen-bond acceptors (Lipinski definition) is 8. The topological polar surface area (TPSA) is 167 Å². The first-order chi connectivity index (χ1) is 18.9. The van der Waals surface area contributed by atoms with Crippen LogP contribution in [0.3, 0.4) is 0 Å². The van der Waals surface area contributed by atoms with Gasteiger partial charge in [0.05, 0.1) is 28.8 Å². The van der Waals surface area contributed by atoms with Crippen LogP contribution in [-0.2, 0) is 4.79 Å². The normalized spacial score (nSPS) is 14.8. The Kier molecular flexibility index (Phi) is 8.01. The monoisotopic (exact) mass is 577 g/mol. The van der Waals surface area contributed by atoms with E-state index in [2.05, 4.69) is 31.5 Å². The summed E-state index contributed by atoms with van der Waals surface area (Å²) in [7, 11) is 0. The second-order valence-corrected chi connectivity index (χ2v) is 9.34. The molecule has 1 fully saturated rings. The minimum atomic E-state index is -5.08. The van der Waals surface area contributed by atoms with Gasteiger partial charge in [-0.1, -0.05) is 11.6 Å². The highest BCUT2D eigenvalue weighted by molar-refractivity contribution is 6.34. The molecule has 0 aromatic carbocycles. The Labute approximate surface area is 229 Å². The number of alkyl halides is 3. The number of pyridine rings is 1. The molecule has 5 rings (SSSR count). The molecule has 0 aliphatic carbocycles. The highest BCUT2D eigenvalue weighted by Crippen LogP contribution is 2.34. The van der Waals surface area contributed by atoms with E-state index in [9.17, 15) is 23.2 Å². The van der Waals surface area contributed by atoms with Gasteiger partial charge in [0.2, 0.25) is 0 Å². The van der Waals surface area contributed by atoms with Gasteiger partial charge in [0, 0.05) is 37.0 Å². The van der Waals surface area contributed by atoms with E-state index >= 15 is 0 Å². The average Bonchev–Trinajstić information content (AvgIpc) is 3.53. The van der Waals surface area contributed by atoms with Gasteiger partial charge in [-0.2, -0.15) is 23.5 Å². The number of nitrogens with two attached hydrogens (primary N) is 1. The third kappa shape index (κ3) is 5.71. The number of fused-ring (bicyclic) bond motifs is 2. The maximum atomic E-state index is 13.2. The van der Waals surface area contributed by atoms with Crippen LogP contribution < -0.4 is 16.0 Å². The Morgan fingerprint density at radius 3 is 2.60 bits per heavy atom. The fourth-order valence-corrected chi connectivity index (χ4v) is 4.63. The molecule has 40 heavy (non-hydrogen) atoms. The van der Waals surface area contributed by atoms with Crippen molar-refractivity contribution in [1.29, 1.82) is 5.26 Å². The number of hydrogen-bond donors (Lipinski definition) is 3. The molecule has 5 heterocycles. The molecule has 4 N–H and O–H groups in total. The second kappa shape index (κ2) is 11.3. The van der Waals surface area contributed by atoms with Gasteiger partial charge in [-0.25, -0.2) is 18.8 Å². The van der Waals surface area contributed by atoms with E-state index in [1.807, 2.05) is 19.1 Å². The van der Waals surface area contributed by atoms with Crippen LogP contribution in [0.2, 0.25) is 5.02 Å². The van der Waals surface area contributed by atoms with E-state index in [0.717, 1.165) is 29.7 Å². The summed E-state index contributed by atoms with van der Waals surface area (Å²) in [5, 5.41) is 28.6. The van der Waals surface area contributed by atoms with Crippen LogP contribution in [0, 0.1) is 17.2 Å². The number of aliphatic carboxylic acids is 1. The lowest BCUT2D eigenvalue weighted by Crippen LogP contribution is -2.37. The van der Waals surface area contributed by atoms with Gasteiger partial charge in [-0.3, -0.25) is 4.79 Å². The second-order valence-electron chi connectivity index (χ2n) is 8.94. The van der Waals surface area contributed by atoms with Gasteiger partial charge < -0.3 is 21.1 Å². The lowest BCUT2D eigenvalue weighted by Gasteiger charge is -2.34. The van der Waals surface area contributed by atoms with Crippen LogP contribution in [-0.4, -0.2) is 60.5 Å². The van der Waals surface area contributed by atoms with Crippen molar-refractivity contribution >= 4 is 46.3 Å². The number of anilines is 2. The van der Waals surface area contributed by atoms with Crippen molar-refractivity contribution in [1.82, 2.24) is 29.5 Å². The summed E-state index contributed by atoms with van der Waals surface area (Å²) in [5.41, 5.74) is 8.25. The first kappa shape index (κ1) is 28.4. The highest BCUT2D eigenvalue weighted by Gasteiger charge is 2.38. The van der Waals surface area contributed by atoms with E-state index in [1.165, 1.54) is 4.52 Å². The third-order valence-corrected chi connectivity index (χ3v) is 6.61. The first-order valence-electron chi connectivity index (χ1n) is 11.9.